The fraction of sp³-hybridized carbons (Fsp3) is 0.350. The van der Waals surface area contributed by atoms with Crippen molar-refractivity contribution in [2.45, 2.75) is 32.2 Å². The van der Waals surface area contributed by atoms with E-state index in [1.807, 2.05) is 18.2 Å². The predicted molar refractivity (Wildman–Crippen MR) is 114 cm³/mol. The number of nitrogens with zero attached hydrogens (tertiary/aromatic N) is 1. The number of nitrogens with one attached hydrogen (secondary N) is 2. The largest absolute Gasteiger partial charge is 0.369 e. The van der Waals surface area contributed by atoms with Gasteiger partial charge < -0.3 is 16.4 Å². The highest BCUT2D eigenvalue weighted by atomic mass is 32.1. The van der Waals surface area contributed by atoms with Crippen molar-refractivity contribution in [2.75, 3.05) is 13.1 Å². The van der Waals surface area contributed by atoms with Crippen LogP contribution < -0.4 is 16.4 Å². The zero-order valence-electron chi connectivity index (χ0n) is 15.6. The lowest BCUT2D eigenvalue weighted by atomic mass is 9.97. The molecule has 1 aliphatic heterocycles. The van der Waals surface area contributed by atoms with Gasteiger partial charge in [-0.25, -0.2) is 4.98 Å². The van der Waals surface area contributed by atoms with Gasteiger partial charge in [0.05, 0.1) is 16.1 Å². The van der Waals surface area contributed by atoms with E-state index in [2.05, 4.69) is 16.7 Å². The summed E-state index contributed by atoms with van der Waals surface area (Å²) in [6, 6.07) is 8.04. The molecule has 2 amide bonds. The highest BCUT2D eigenvalue weighted by Gasteiger charge is 2.31. The monoisotopic (exact) mass is 414 g/mol. The summed E-state index contributed by atoms with van der Waals surface area (Å²) in [6.45, 7) is 3.68. The van der Waals surface area contributed by atoms with Crippen LogP contribution in [0.3, 0.4) is 0 Å². The van der Waals surface area contributed by atoms with E-state index in [1.54, 1.807) is 29.6 Å². The van der Waals surface area contributed by atoms with Gasteiger partial charge in [0, 0.05) is 34.8 Å². The molecule has 0 fully saturated rings. The molecular formula is C20H22N4O2S2. The third kappa shape index (κ3) is 3.55. The Hall–Kier alpha value is -2.29. The summed E-state index contributed by atoms with van der Waals surface area (Å²) < 4.78 is 1.12. The first-order valence-electron chi connectivity index (χ1n) is 9.35. The minimum atomic E-state index is -0.562. The second-order valence-corrected chi connectivity index (χ2v) is 8.94. The van der Waals surface area contributed by atoms with Crippen molar-refractivity contribution in [1.29, 1.82) is 0 Å². The van der Waals surface area contributed by atoms with Crippen molar-refractivity contribution in [2.24, 2.45) is 5.73 Å². The third-order valence-corrected chi connectivity index (χ3v) is 7.35. The Morgan fingerprint density at radius 2 is 2.14 bits per heavy atom. The lowest BCUT2D eigenvalue weighted by Crippen LogP contribution is -2.34. The Morgan fingerprint density at radius 3 is 2.89 bits per heavy atom. The molecule has 0 aliphatic carbocycles. The van der Waals surface area contributed by atoms with Gasteiger partial charge in [-0.1, -0.05) is 19.1 Å². The molecule has 0 radical (unpaired) electrons. The number of thiophene rings is 1. The number of fused-ring (bicyclic) bond motifs is 2. The van der Waals surface area contributed by atoms with Crippen molar-refractivity contribution in [3.05, 3.63) is 39.6 Å². The molecule has 28 heavy (non-hydrogen) atoms. The average molecular weight is 415 g/mol. The Bertz CT molecular complexity index is 1010. The summed E-state index contributed by atoms with van der Waals surface area (Å²) in [7, 11) is 0. The van der Waals surface area contributed by atoms with E-state index in [-0.39, 0.29) is 12.5 Å². The lowest BCUT2D eigenvalue weighted by Gasteiger charge is -2.16. The summed E-state index contributed by atoms with van der Waals surface area (Å²) in [5, 5.41) is 7.15. The average Bonchev–Trinajstić information content (AvgIpc) is 3.28. The Balaban J connectivity index is 1.83. The molecule has 4 rings (SSSR count). The quantitative estimate of drug-likeness (QED) is 0.578. The van der Waals surface area contributed by atoms with Crippen LogP contribution in [0.1, 0.15) is 34.6 Å². The van der Waals surface area contributed by atoms with E-state index in [0.29, 0.717) is 6.42 Å². The number of thiazole rings is 1. The number of nitrogens with two attached hydrogens (primary N) is 1. The van der Waals surface area contributed by atoms with Gasteiger partial charge in [-0.05, 0) is 30.7 Å². The highest BCUT2D eigenvalue weighted by molar-refractivity contribution is 7.22. The van der Waals surface area contributed by atoms with E-state index < -0.39 is 11.8 Å². The number of hydrogen-bond donors (Lipinski definition) is 3. The van der Waals surface area contributed by atoms with Crippen molar-refractivity contribution in [3.8, 4) is 10.6 Å². The smallest absolute Gasteiger partial charge is 0.227 e. The Morgan fingerprint density at radius 1 is 1.32 bits per heavy atom. The van der Waals surface area contributed by atoms with Gasteiger partial charge in [-0.3, -0.25) is 9.59 Å². The highest BCUT2D eigenvalue weighted by Crippen LogP contribution is 2.44. The lowest BCUT2D eigenvalue weighted by molar-refractivity contribution is -0.121. The third-order valence-electron chi connectivity index (χ3n) is 4.95. The minimum absolute atomic E-state index is 0.0872. The van der Waals surface area contributed by atoms with Crippen molar-refractivity contribution in [1.82, 2.24) is 15.6 Å². The summed E-state index contributed by atoms with van der Waals surface area (Å²) >= 11 is 3.25. The number of carbonyl (C=O) groups is 2. The van der Waals surface area contributed by atoms with Gasteiger partial charge in [-0.15, -0.1) is 22.7 Å². The van der Waals surface area contributed by atoms with Crippen molar-refractivity contribution >= 4 is 44.7 Å². The first kappa shape index (κ1) is 19.0. The van der Waals surface area contributed by atoms with E-state index in [1.165, 1.54) is 10.4 Å². The maximum absolute atomic E-state index is 12.3. The molecule has 8 heteroatoms. The van der Waals surface area contributed by atoms with E-state index >= 15 is 0 Å². The van der Waals surface area contributed by atoms with Crippen LogP contribution in [-0.2, 0) is 22.6 Å². The summed E-state index contributed by atoms with van der Waals surface area (Å²) in [4.78, 5) is 31.1. The van der Waals surface area contributed by atoms with Gasteiger partial charge >= 0.3 is 0 Å². The molecule has 6 nitrogen and oxygen atoms in total. The molecule has 0 saturated carbocycles. The van der Waals surface area contributed by atoms with E-state index in [4.69, 9.17) is 10.7 Å². The Kier molecular flexibility index (Phi) is 5.43. The molecule has 1 unspecified atom stereocenters. The number of rotatable bonds is 6. The number of benzene rings is 1. The summed E-state index contributed by atoms with van der Waals surface area (Å²) in [5.74, 6) is -1.07. The second-order valence-electron chi connectivity index (χ2n) is 6.77. The first-order chi connectivity index (χ1) is 13.6. The molecule has 0 bridgehead atoms. The molecule has 4 N–H and O–H groups in total. The van der Waals surface area contributed by atoms with Crippen molar-refractivity contribution < 1.29 is 9.59 Å². The zero-order chi connectivity index (χ0) is 19.7. The van der Waals surface area contributed by atoms with Gasteiger partial charge in [-0.2, -0.15) is 0 Å². The molecule has 3 aromatic rings. The molecular weight excluding hydrogens is 392 g/mol. The molecule has 0 saturated heterocycles. The molecule has 146 valence electrons. The van der Waals surface area contributed by atoms with E-state index in [0.717, 1.165) is 45.2 Å². The van der Waals surface area contributed by atoms with E-state index in [9.17, 15) is 9.59 Å². The summed E-state index contributed by atoms with van der Waals surface area (Å²) in [5.41, 5.74) is 9.01. The van der Waals surface area contributed by atoms with Crippen LogP contribution in [0.25, 0.3) is 20.8 Å². The fourth-order valence-electron chi connectivity index (χ4n) is 3.48. The standard InChI is InChI=1S/C20H22N4O2S2/c1-2-16(25)23-9-12(19(21)26)18-17(11-7-8-22-10-15(11)27-18)20-24-13-5-3-4-6-14(13)28-20/h3-6,12,22H,2,7-10H2,1H3,(H2,21,26)(H,23,25). The molecule has 1 atom stereocenters. The van der Waals surface area contributed by atoms with Gasteiger partial charge in [0.1, 0.15) is 5.01 Å². The summed E-state index contributed by atoms with van der Waals surface area (Å²) in [6.07, 6.45) is 1.27. The second kappa shape index (κ2) is 7.98. The van der Waals surface area contributed by atoms with Crippen LogP contribution in [-0.4, -0.2) is 29.9 Å². The number of para-hydroxylation sites is 1. The van der Waals surface area contributed by atoms with Crippen LogP contribution in [0.5, 0.6) is 0 Å². The topological polar surface area (TPSA) is 97.1 Å². The van der Waals surface area contributed by atoms with Gasteiger partial charge in [0.2, 0.25) is 11.8 Å². The molecule has 1 aliphatic rings. The van der Waals surface area contributed by atoms with Gasteiger partial charge in [0.15, 0.2) is 0 Å². The maximum atomic E-state index is 12.3. The number of amides is 2. The molecule has 1 aromatic carbocycles. The van der Waals surface area contributed by atoms with Gasteiger partial charge in [0.25, 0.3) is 0 Å². The first-order valence-corrected chi connectivity index (χ1v) is 11.0. The van der Waals surface area contributed by atoms with Crippen LogP contribution in [0, 0.1) is 0 Å². The van der Waals surface area contributed by atoms with Crippen LogP contribution in [0.15, 0.2) is 24.3 Å². The molecule has 0 spiro atoms. The molecule has 2 aromatic heterocycles. The van der Waals surface area contributed by atoms with Crippen molar-refractivity contribution in [3.63, 3.8) is 0 Å². The predicted octanol–water partition coefficient (Wildman–Crippen LogP) is 2.77. The zero-order valence-corrected chi connectivity index (χ0v) is 17.2. The van der Waals surface area contributed by atoms with Crippen LogP contribution in [0.2, 0.25) is 0 Å². The number of primary amides is 1. The number of aromatic nitrogens is 1. The fourth-order valence-corrected chi connectivity index (χ4v) is 6.03. The molecule has 3 heterocycles. The minimum Gasteiger partial charge on any atom is -0.369 e. The maximum Gasteiger partial charge on any atom is 0.227 e. The number of carbonyl (C=O) groups excluding carboxylic acids is 2. The van der Waals surface area contributed by atoms with Crippen LogP contribution >= 0.6 is 22.7 Å². The number of hydrogen-bond acceptors (Lipinski definition) is 6. The SMILES string of the molecule is CCC(=O)NCC(C(N)=O)c1sc2c(c1-c1nc3ccccc3s1)CCNC2. The normalized spacial score (nSPS) is 14.6. The van der Waals surface area contributed by atoms with Crippen LogP contribution in [0.4, 0.5) is 0 Å². The Labute approximate surface area is 171 Å².